The lowest BCUT2D eigenvalue weighted by Crippen LogP contribution is -2.30. The van der Waals surface area contributed by atoms with Gasteiger partial charge < -0.3 is 9.30 Å². The van der Waals surface area contributed by atoms with E-state index < -0.39 is 15.9 Å². The Balaban J connectivity index is 1.36. The maximum Gasteiger partial charge on any atom is 0.283 e. The summed E-state index contributed by atoms with van der Waals surface area (Å²) in [7, 11) is -4.03. The number of pyridine rings is 1. The highest BCUT2D eigenvalue weighted by Crippen LogP contribution is 2.26. The van der Waals surface area contributed by atoms with Crippen LogP contribution in [0, 0.1) is 6.92 Å². The highest BCUT2D eigenvalue weighted by molar-refractivity contribution is 9.11. The van der Waals surface area contributed by atoms with Gasteiger partial charge in [-0.25, -0.2) is 23.1 Å². The van der Waals surface area contributed by atoms with Gasteiger partial charge in [0.1, 0.15) is 33.6 Å². The molecule has 0 saturated carbocycles. The Morgan fingerprint density at radius 3 is 2.58 bits per heavy atom. The molecule has 12 heteroatoms. The molecule has 3 aromatic heterocycles. The summed E-state index contributed by atoms with van der Waals surface area (Å²) in [4.78, 5) is 21.8. The molecule has 0 atom stereocenters. The number of imidazole rings is 1. The van der Waals surface area contributed by atoms with Gasteiger partial charge in [0.05, 0.1) is 10.3 Å². The minimum atomic E-state index is -4.03. The molecule has 0 fully saturated rings. The first kappa shape index (κ1) is 26.4. The number of carbonyl (C=O) groups excluding carboxylic acids is 1. The van der Waals surface area contributed by atoms with Gasteiger partial charge >= 0.3 is 0 Å². The highest BCUT2D eigenvalue weighted by Gasteiger charge is 2.22. The molecule has 0 spiro atoms. The SMILES string of the molecule is Cc1nc2ccc(C(=O)NS(=O)(=O)c3ccc(Br)s3)nc2n1Cc1ccc(COc2ccccc2)cc1Cl. The van der Waals surface area contributed by atoms with E-state index in [1.165, 1.54) is 12.1 Å². The molecule has 8 nitrogen and oxygen atoms in total. The second kappa shape index (κ2) is 10.9. The van der Waals surface area contributed by atoms with Crippen LogP contribution >= 0.6 is 38.9 Å². The molecule has 1 amide bonds. The summed E-state index contributed by atoms with van der Waals surface area (Å²) in [5, 5.41) is 0.558. The number of thiophene rings is 1. The maximum absolute atomic E-state index is 12.8. The molecular weight excluding hydrogens is 612 g/mol. The number of nitrogens with zero attached hydrogens (tertiary/aromatic N) is 3. The van der Waals surface area contributed by atoms with Crippen molar-refractivity contribution in [3.63, 3.8) is 0 Å². The number of para-hydroxylation sites is 1. The third-order valence-electron chi connectivity index (χ3n) is 5.65. The van der Waals surface area contributed by atoms with Gasteiger partial charge in [0.2, 0.25) is 0 Å². The molecule has 5 aromatic rings. The molecule has 0 aliphatic carbocycles. The van der Waals surface area contributed by atoms with Crippen molar-refractivity contribution in [1.82, 2.24) is 19.3 Å². The number of amides is 1. The predicted octanol–water partition coefficient (Wildman–Crippen LogP) is 5.96. The first-order chi connectivity index (χ1) is 18.2. The van der Waals surface area contributed by atoms with Gasteiger partial charge in [-0.15, -0.1) is 11.3 Å². The van der Waals surface area contributed by atoms with Crippen LogP contribution in [0.15, 0.2) is 80.8 Å². The fourth-order valence-electron chi connectivity index (χ4n) is 3.76. The van der Waals surface area contributed by atoms with Crippen molar-refractivity contribution in [1.29, 1.82) is 0 Å². The number of benzene rings is 2. The maximum atomic E-state index is 12.8. The van der Waals surface area contributed by atoms with Crippen LogP contribution in [0.3, 0.4) is 0 Å². The van der Waals surface area contributed by atoms with E-state index >= 15 is 0 Å². The van der Waals surface area contributed by atoms with Crippen LogP contribution in [-0.2, 0) is 23.2 Å². The smallest absolute Gasteiger partial charge is 0.283 e. The molecule has 3 heterocycles. The third kappa shape index (κ3) is 5.75. The second-order valence-corrected chi connectivity index (χ2v) is 13.1. The summed E-state index contributed by atoms with van der Waals surface area (Å²) in [6.07, 6.45) is 0. The van der Waals surface area contributed by atoms with Gasteiger partial charge in [0.25, 0.3) is 15.9 Å². The fourth-order valence-corrected chi connectivity index (χ4v) is 6.99. The van der Waals surface area contributed by atoms with E-state index in [1.807, 2.05) is 60.0 Å². The van der Waals surface area contributed by atoms with Crippen molar-refractivity contribution in [3.8, 4) is 5.75 Å². The van der Waals surface area contributed by atoms with E-state index in [9.17, 15) is 13.2 Å². The molecule has 0 radical (unpaired) electrons. The number of halogens is 2. The highest BCUT2D eigenvalue weighted by atomic mass is 79.9. The number of fused-ring (bicyclic) bond motifs is 1. The number of sulfonamides is 1. The van der Waals surface area contributed by atoms with E-state index in [1.54, 1.807) is 12.1 Å². The number of aryl methyl sites for hydroxylation is 1. The van der Waals surface area contributed by atoms with Crippen LogP contribution < -0.4 is 9.46 Å². The minimum absolute atomic E-state index is 0.0203. The van der Waals surface area contributed by atoms with Gasteiger partial charge in [0, 0.05) is 5.02 Å². The molecule has 0 aliphatic heterocycles. The lowest BCUT2D eigenvalue weighted by atomic mass is 10.1. The Labute approximate surface area is 236 Å². The Bertz CT molecular complexity index is 1750. The van der Waals surface area contributed by atoms with Gasteiger partial charge in [-0.2, -0.15) is 0 Å². The Kier molecular flexibility index (Phi) is 7.53. The van der Waals surface area contributed by atoms with Crippen LogP contribution in [0.2, 0.25) is 5.02 Å². The average Bonchev–Trinajstić information content (AvgIpc) is 3.47. The van der Waals surface area contributed by atoms with Crippen molar-refractivity contribution in [2.45, 2.75) is 24.3 Å². The summed E-state index contributed by atoms with van der Waals surface area (Å²) in [5.74, 6) is 0.617. The van der Waals surface area contributed by atoms with Gasteiger partial charge in [-0.1, -0.05) is 41.9 Å². The molecular formula is C26H20BrClN4O4S2. The van der Waals surface area contributed by atoms with Crippen LogP contribution in [0.1, 0.15) is 27.4 Å². The second-order valence-electron chi connectivity index (χ2n) is 8.31. The van der Waals surface area contributed by atoms with Crippen molar-refractivity contribution in [2.75, 3.05) is 0 Å². The number of aromatic nitrogens is 3. The first-order valence-electron chi connectivity index (χ1n) is 11.3. The van der Waals surface area contributed by atoms with E-state index in [-0.39, 0.29) is 9.90 Å². The zero-order valence-corrected chi connectivity index (χ0v) is 23.9. The van der Waals surface area contributed by atoms with Crippen LogP contribution in [0.25, 0.3) is 11.2 Å². The molecule has 38 heavy (non-hydrogen) atoms. The Hall–Kier alpha value is -3.25. The van der Waals surface area contributed by atoms with Crippen LogP contribution in [-0.4, -0.2) is 28.9 Å². The molecule has 194 valence electrons. The fraction of sp³-hybridized carbons (Fsp3) is 0.115. The first-order valence-corrected chi connectivity index (χ1v) is 14.8. The van der Waals surface area contributed by atoms with Gasteiger partial charge in [0.15, 0.2) is 5.65 Å². The molecule has 5 rings (SSSR count). The minimum Gasteiger partial charge on any atom is -0.489 e. The zero-order chi connectivity index (χ0) is 26.9. The Morgan fingerprint density at radius 1 is 1.08 bits per heavy atom. The number of carbonyl (C=O) groups is 1. The van der Waals surface area contributed by atoms with Crippen molar-refractivity contribution < 1.29 is 17.9 Å². The standard InChI is InChI=1S/C26H20BrClN4O4S2/c1-16-29-21-9-10-22(26(33)31-38(34,35)24-12-11-23(27)37-24)30-25(21)32(16)14-18-8-7-17(13-20(18)28)15-36-19-5-3-2-4-6-19/h2-13H,14-15H2,1H3,(H,31,33). The predicted molar refractivity (Wildman–Crippen MR) is 150 cm³/mol. The summed E-state index contributed by atoms with van der Waals surface area (Å²) in [6, 6.07) is 21.4. The van der Waals surface area contributed by atoms with E-state index in [0.29, 0.717) is 38.9 Å². The largest absolute Gasteiger partial charge is 0.489 e. The number of hydrogen-bond acceptors (Lipinski definition) is 7. The summed E-state index contributed by atoms with van der Waals surface area (Å²) in [6.45, 7) is 2.57. The summed E-state index contributed by atoms with van der Waals surface area (Å²) < 4.78 is 35.5. The van der Waals surface area contributed by atoms with Crippen LogP contribution in [0.5, 0.6) is 5.75 Å². The third-order valence-corrected chi connectivity index (χ3v) is 9.45. The number of ether oxygens (including phenoxy) is 1. The van der Waals surface area contributed by atoms with E-state index in [2.05, 4.69) is 30.6 Å². The monoisotopic (exact) mass is 630 g/mol. The Morgan fingerprint density at radius 2 is 1.87 bits per heavy atom. The van der Waals surface area contributed by atoms with Crippen LogP contribution in [0.4, 0.5) is 0 Å². The molecule has 0 bridgehead atoms. The summed E-state index contributed by atoms with van der Waals surface area (Å²) >= 11 is 10.8. The van der Waals surface area contributed by atoms with Gasteiger partial charge in [-0.05, 0) is 76.4 Å². The molecule has 1 N–H and O–H groups in total. The van der Waals surface area contributed by atoms with Crippen molar-refractivity contribution in [3.05, 3.63) is 104 Å². The van der Waals surface area contributed by atoms with E-state index in [0.717, 1.165) is 28.2 Å². The molecule has 2 aromatic carbocycles. The van der Waals surface area contributed by atoms with Crippen molar-refractivity contribution >= 4 is 66.0 Å². The zero-order valence-electron chi connectivity index (χ0n) is 19.9. The molecule has 0 unspecified atom stereocenters. The number of hydrogen-bond donors (Lipinski definition) is 1. The lowest BCUT2D eigenvalue weighted by molar-refractivity contribution is 0.0977. The molecule has 0 saturated heterocycles. The lowest BCUT2D eigenvalue weighted by Gasteiger charge is -2.11. The number of nitrogens with one attached hydrogen (secondary N) is 1. The number of rotatable bonds is 8. The van der Waals surface area contributed by atoms with E-state index in [4.69, 9.17) is 16.3 Å². The topological polar surface area (TPSA) is 103 Å². The average molecular weight is 632 g/mol. The summed E-state index contributed by atoms with van der Waals surface area (Å²) in [5.41, 5.74) is 2.73. The molecule has 0 aliphatic rings. The normalized spacial score (nSPS) is 11.6. The van der Waals surface area contributed by atoms with Crippen molar-refractivity contribution in [2.24, 2.45) is 0 Å². The van der Waals surface area contributed by atoms with Gasteiger partial charge in [-0.3, -0.25) is 4.79 Å². The quantitative estimate of drug-likeness (QED) is 0.227.